The lowest BCUT2D eigenvalue weighted by Crippen LogP contribution is -2.55. The predicted octanol–water partition coefficient (Wildman–Crippen LogP) is 9.81. The van der Waals surface area contributed by atoms with E-state index in [4.69, 9.17) is 9.47 Å². The Morgan fingerprint density at radius 1 is 0.946 bits per heavy atom. The average molecular weight is 770 g/mol. The van der Waals surface area contributed by atoms with Crippen molar-refractivity contribution < 1.29 is 42.4 Å². The van der Waals surface area contributed by atoms with Crippen LogP contribution in [0.2, 0.25) is 0 Å². The van der Waals surface area contributed by atoms with Gasteiger partial charge in [-0.3, -0.25) is 4.79 Å². The molecule has 8 rings (SSSR count). The molecule has 5 atom stereocenters. The van der Waals surface area contributed by atoms with E-state index in [1.165, 1.54) is 12.1 Å². The minimum Gasteiger partial charge on any atom is -0.410 e. The number of nitrogens with zero attached hydrogens (tertiary/aromatic N) is 1. The summed E-state index contributed by atoms with van der Waals surface area (Å²) in [5.41, 5.74) is -0.633. The number of aliphatic hydroxyl groups excluding tert-OH is 1. The van der Waals surface area contributed by atoms with Crippen molar-refractivity contribution in [3.63, 3.8) is 0 Å². The largest absolute Gasteiger partial charge is 0.416 e. The summed E-state index contributed by atoms with van der Waals surface area (Å²) in [6.07, 6.45) is 0.955. The summed E-state index contributed by atoms with van der Waals surface area (Å²) in [6, 6.07) is 23.1. The Kier molecular flexibility index (Phi) is 11.5. The first-order chi connectivity index (χ1) is 26.7. The quantitative estimate of drug-likeness (QED) is 0.144. The molecule has 3 aliphatic carbocycles. The van der Waals surface area contributed by atoms with Crippen LogP contribution in [-0.2, 0) is 17.3 Å². The highest BCUT2D eigenvalue weighted by Crippen LogP contribution is 2.59. The summed E-state index contributed by atoms with van der Waals surface area (Å²) in [6.45, 7) is 4.81. The third-order valence-electron chi connectivity index (χ3n) is 12.5. The fourth-order valence-electron chi connectivity index (χ4n) is 9.14. The maximum Gasteiger partial charge on any atom is 0.416 e. The number of hydrogen-bond acceptors (Lipinski definition) is 6. The zero-order valence-electron chi connectivity index (χ0n) is 32.0. The maximum absolute atomic E-state index is 14.4. The Labute approximate surface area is 326 Å². The topological polar surface area (TPSA) is 96.3 Å². The maximum atomic E-state index is 14.4. The van der Waals surface area contributed by atoms with Gasteiger partial charge in [-0.2, -0.15) is 13.2 Å². The van der Waals surface area contributed by atoms with E-state index in [9.17, 15) is 33.0 Å². The molecule has 10 heteroatoms. The van der Waals surface area contributed by atoms with Crippen LogP contribution in [0.3, 0.4) is 0 Å². The second-order valence-corrected chi connectivity index (χ2v) is 16.2. The number of allylic oxidation sites excluding steroid dienone is 2. The molecule has 1 heterocycles. The molecule has 2 N–H and O–H groups in total. The fourth-order valence-corrected chi connectivity index (χ4v) is 9.14. The lowest BCUT2D eigenvalue weighted by Gasteiger charge is -2.46. The lowest BCUT2D eigenvalue weighted by atomic mass is 9.64. The van der Waals surface area contributed by atoms with Crippen molar-refractivity contribution in [1.29, 1.82) is 0 Å². The van der Waals surface area contributed by atoms with Gasteiger partial charge in [0, 0.05) is 23.1 Å². The smallest absolute Gasteiger partial charge is 0.410 e. The summed E-state index contributed by atoms with van der Waals surface area (Å²) in [5.74, 6) is -0.564. The minimum atomic E-state index is -4.63. The molecule has 4 aromatic carbocycles. The average Bonchev–Trinajstić information content (AvgIpc) is 3.78. The zero-order valence-corrected chi connectivity index (χ0v) is 32.0. The standard InChI is InChI=1S/C46H50F3NO6/c1-30-8-6-21-44(2)41(39-19-15-31(24-36(51)17-14-30)25-40(39)42(52)34-11-5-12-35(26-34)46(47,48)49)20-22-45(44,54)29-50(28-38-13-7-23-55-38)43(53)56-37-18-16-32-9-3-4-10-33(32)27-37/h3-5,8-12,15-16,18-19,25-27,36,38,41,51,54H,6-7,13-14,17,20-24,28-29H2,1-2H3. The van der Waals surface area contributed by atoms with Crippen molar-refractivity contribution in [3.8, 4) is 5.75 Å². The van der Waals surface area contributed by atoms with Crippen LogP contribution in [0, 0.1) is 5.41 Å². The second kappa shape index (κ2) is 16.2. The number of halogens is 3. The van der Waals surface area contributed by atoms with Crippen LogP contribution in [-0.4, -0.2) is 64.5 Å². The number of aliphatic hydroxyl groups is 2. The van der Waals surface area contributed by atoms with E-state index in [2.05, 4.69) is 6.08 Å². The van der Waals surface area contributed by atoms with Crippen LogP contribution in [0.1, 0.15) is 104 Å². The molecule has 1 aliphatic heterocycles. The van der Waals surface area contributed by atoms with Crippen LogP contribution in [0.4, 0.5) is 18.0 Å². The van der Waals surface area contributed by atoms with Crippen molar-refractivity contribution in [2.75, 3.05) is 19.7 Å². The molecule has 1 amide bonds. The number of alkyl halides is 3. The van der Waals surface area contributed by atoms with Gasteiger partial charge in [-0.05, 0) is 123 Å². The molecule has 4 aromatic rings. The highest BCUT2D eigenvalue weighted by Gasteiger charge is 2.58. The molecule has 1 saturated heterocycles. The van der Waals surface area contributed by atoms with E-state index >= 15 is 0 Å². The molecule has 0 aromatic heterocycles. The zero-order chi connectivity index (χ0) is 39.7. The van der Waals surface area contributed by atoms with Crippen LogP contribution in [0.25, 0.3) is 10.8 Å². The van der Waals surface area contributed by atoms with Gasteiger partial charge in [0.1, 0.15) is 5.75 Å². The van der Waals surface area contributed by atoms with Crippen molar-refractivity contribution in [3.05, 3.63) is 124 Å². The summed E-state index contributed by atoms with van der Waals surface area (Å²) in [7, 11) is 0. The number of rotatable bonds is 7. The van der Waals surface area contributed by atoms with E-state index in [0.29, 0.717) is 62.0 Å². The molecule has 7 nitrogen and oxygen atoms in total. The van der Waals surface area contributed by atoms with E-state index in [1.54, 1.807) is 17.0 Å². The minimum absolute atomic E-state index is 0.0455. The number of hydrogen-bond donors (Lipinski definition) is 2. The number of carbonyl (C=O) groups excluding carboxylic acids is 2. The Morgan fingerprint density at radius 3 is 2.52 bits per heavy atom. The van der Waals surface area contributed by atoms with Gasteiger partial charge in [0.25, 0.3) is 0 Å². The monoisotopic (exact) mass is 769 g/mol. The number of ketones is 1. The second-order valence-electron chi connectivity index (χ2n) is 16.2. The molecule has 2 bridgehead atoms. The van der Waals surface area contributed by atoms with Crippen molar-refractivity contribution in [2.45, 2.75) is 102 Å². The molecular formula is C46H50F3NO6. The highest BCUT2D eigenvalue weighted by atomic mass is 19.4. The van der Waals surface area contributed by atoms with Gasteiger partial charge >= 0.3 is 12.3 Å². The normalized spacial score (nSPS) is 25.7. The number of carbonyl (C=O) groups is 2. The van der Waals surface area contributed by atoms with Crippen molar-refractivity contribution in [2.24, 2.45) is 5.41 Å². The Morgan fingerprint density at radius 2 is 1.75 bits per heavy atom. The molecule has 296 valence electrons. The number of fused-ring (bicyclic) bond motifs is 9. The molecule has 56 heavy (non-hydrogen) atoms. The summed E-state index contributed by atoms with van der Waals surface area (Å²) in [5, 5.41) is 25.9. The van der Waals surface area contributed by atoms with Gasteiger partial charge in [-0.15, -0.1) is 0 Å². The molecule has 4 aliphatic rings. The van der Waals surface area contributed by atoms with Gasteiger partial charge in [0.05, 0.1) is 36.5 Å². The first kappa shape index (κ1) is 39.7. The molecule has 2 fully saturated rings. The van der Waals surface area contributed by atoms with Gasteiger partial charge in [-0.25, -0.2) is 4.79 Å². The van der Waals surface area contributed by atoms with E-state index < -0.39 is 46.7 Å². The third-order valence-corrected chi connectivity index (χ3v) is 12.5. The van der Waals surface area contributed by atoms with Crippen LogP contribution in [0.5, 0.6) is 5.75 Å². The van der Waals surface area contributed by atoms with E-state index in [0.717, 1.165) is 41.3 Å². The molecule has 0 spiro atoms. The Hall–Kier alpha value is -4.51. The first-order valence-electron chi connectivity index (χ1n) is 19.7. The third kappa shape index (κ3) is 8.43. The highest BCUT2D eigenvalue weighted by molar-refractivity contribution is 6.10. The predicted molar refractivity (Wildman–Crippen MR) is 209 cm³/mol. The number of amides is 1. The molecular weight excluding hydrogens is 720 g/mol. The summed E-state index contributed by atoms with van der Waals surface area (Å²) < 4.78 is 53.4. The van der Waals surface area contributed by atoms with E-state index in [1.807, 2.05) is 62.4 Å². The van der Waals surface area contributed by atoms with Crippen LogP contribution < -0.4 is 4.74 Å². The van der Waals surface area contributed by atoms with E-state index in [-0.39, 0.29) is 36.7 Å². The SMILES string of the molecule is CC1=CCCC2(C)C(CCC2(O)CN(CC2CCCO2)C(=O)Oc2ccc3ccccc3c2)c2ccc(cc2C(=O)c2cccc(C(F)(F)F)c2)CC(O)CC1. The number of benzene rings is 4. The Bertz CT molecular complexity index is 2110. The Balaban J connectivity index is 1.27. The molecule has 0 radical (unpaired) electrons. The van der Waals surface area contributed by atoms with Gasteiger partial charge in [0.15, 0.2) is 5.78 Å². The van der Waals surface area contributed by atoms with Crippen LogP contribution >= 0.6 is 0 Å². The van der Waals surface area contributed by atoms with Crippen molar-refractivity contribution in [1.82, 2.24) is 4.90 Å². The lowest BCUT2D eigenvalue weighted by molar-refractivity contribution is -0.137. The molecule has 1 saturated carbocycles. The van der Waals surface area contributed by atoms with Gasteiger partial charge in [-0.1, -0.05) is 73.2 Å². The van der Waals surface area contributed by atoms with Crippen LogP contribution in [0.15, 0.2) is 96.6 Å². The fraction of sp³-hybridized carbons (Fsp3) is 0.435. The van der Waals surface area contributed by atoms with Gasteiger partial charge < -0.3 is 24.6 Å². The van der Waals surface area contributed by atoms with Crippen molar-refractivity contribution >= 4 is 22.6 Å². The summed E-state index contributed by atoms with van der Waals surface area (Å²) in [4.78, 5) is 30.1. The summed E-state index contributed by atoms with van der Waals surface area (Å²) >= 11 is 0. The first-order valence-corrected chi connectivity index (χ1v) is 19.7. The number of ether oxygens (including phenoxy) is 2. The van der Waals surface area contributed by atoms with Gasteiger partial charge in [0.2, 0.25) is 0 Å². The molecule has 5 unspecified atom stereocenters.